The second kappa shape index (κ2) is 8.12. The van der Waals surface area contributed by atoms with E-state index in [0.717, 1.165) is 38.0 Å². The Morgan fingerprint density at radius 1 is 1.30 bits per heavy atom. The standard InChI is InChI=1S/C18H26N4O3S2/c1-13(2)20-27(24,25)15-9-16(18-19-14(3)12-26-18)22(10-15)11-17(23)21-7-5-4-6-8-21/h9-10,12-13,20H,4-8,11H2,1-3H3. The van der Waals surface area contributed by atoms with Crippen LogP contribution in [0, 0.1) is 6.92 Å². The summed E-state index contributed by atoms with van der Waals surface area (Å²) >= 11 is 1.45. The Balaban J connectivity index is 1.94. The zero-order valence-electron chi connectivity index (χ0n) is 15.9. The third-order valence-electron chi connectivity index (χ3n) is 4.43. The van der Waals surface area contributed by atoms with E-state index >= 15 is 0 Å². The number of carbonyl (C=O) groups is 1. The van der Waals surface area contributed by atoms with Crippen LogP contribution < -0.4 is 4.72 Å². The van der Waals surface area contributed by atoms with Crippen molar-refractivity contribution in [1.29, 1.82) is 0 Å². The minimum absolute atomic E-state index is 0.0144. The first kappa shape index (κ1) is 20.0. The van der Waals surface area contributed by atoms with Crippen molar-refractivity contribution in [3.05, 3.63) is 23.3 Å². The second-order valence-electron chi connectivity index (χ2n) is 7.20. The molecule has 1 aliphatic heterocycles. The van der Waals surface area contributed by atoms with Gasteiger partial charge in [-0.15, -0.1) is 11.3 Å². The molecule has 0 spiro atoms. The van der Waals surface area contributed by atoms with E-state index in [1.54, 1.807) is 30.7 Å². The molecule has 0 radical (unpaired) electrons. The molecule has 0 aromatic carbocycles. The van der Waals surface area contributed by atoms with Crippen molar-refractivity contribution >= 4 is 27.3 Å². The van der Waals surface area contributed by atoms with Crippen LogP contribution in [-0.4, -0.2) is 47.9 Å². The van der Waals surface area contributed by atoms with Crippen LogP contribution in [0.25, 0.3) is 10.7 Å². The Morgan fingerprint density at radius 3 is 2.59 bits per heavy atom. The molecule has 0 aliphatic carbocycles. The van der Waals surface area contributed by atoms with E-state index in [9.17, 15) is 13.2 Å². The van der Waals surface area contributed by atoms with Gasteiger partial charge in [-0.2, -0.15) is 0 Å². The number of carbonyl (C=O) groups excluding carboxylic acids is 1. The number of aromatic nitrogens is 2. The number of thiazole rings is 1. The normalized spacial score (nSPS) is 15.5. The number of sulfonamides is 1. The molecule has 2 aromatic rings. The molecule has 27 heavy (non-hydrogen) atoms. The lowest BCUT2D eigenvalue weighted by Gasteiger charge is -2.27. The van der Waals surface area contributed by atoms with Gasteiger partial charge in [-0.05, 0) is 46.1 Å². The molecule has 1 amide bonds. The second-order valence-corrected chi connectivity index (χ2v) is 9.77. The third-order valence-corrected chi connectivity index (χ3v) is 7.03. The number of rotatable bonds is 6. The van der Waals surface area contributed by atoms with Crippen LogP contribution in [0.15, 0.2) is 22.5 Å². The molecule has 0 saturated carbocycles. The highest BCUT2D eigenvalue weighted by molar-refractivity contribution is 7.89. The lowest BCUT2D eigenvalue weighted by molar-refractivity contribution is -0.132. The van der Waals surface area contributed by atoms with E-state index in [1.807, 2.05) is 17.2 Å². The number of hydrogen-bond donors (Lipinski definition) is 1. The summed E-state index contributed by atoms with van der Waals surface area (Å²) in [7, 11) is -3.64. The van der Waals surface area contributed by atoms with Gasteiger partial charge >= 0.3 is 0 Å². The van der Waals surface area contributed by atoms with E-state index in [0.29, 0.717) is 10.7 Å². The van der Waals surface area contributed by atoms with Gasteiger partial charge in [0.2, 0.25) is 15.9 Å². The molecule has 1 N–H and O–H groups in total. The largest absolute Gasteiger partial charge is 0.341 e. The lowest BCUT2D eigenvalue weighted by Crippen LogP contribution is -2.37. The van der Waals surface area contributed by atoms with Gasteiger partial charge in [0.1, 0.15) is 16.4 Å². The minimum Gasteiger partial charge on any atom is -0.341 e. The minimum atomic E-state index is -3.64. The highest BCUT2D eigenvalue weighted by atomic mass is 32.2. The predicted octanol–water partition coefficient (Wildman–Crippen LogP) is 2.62. The Bertz CT molecular complexity index is 909. The molecule has 0 atom stereocenters. The van der Waals surface area contributed by atoms with Crippen LogP contribution in [0.4, 0.5) is 0 Å². The molecule has 148 valence electrons. The Morgan fingerprint density at radius 2 is 2.00 bits per heavy atom. The first-order valence-corrected chi connectivity index (χ1v) is 11.6. The van der Waals surface area contributed by atoms with Gasteiger partial charge in [-0.3, -0.25) is 4.79 Å². The number of amides is 1. The quantitative estimate of drug-likeness (QED) is 0.793. The van der Waals surface area contributed by atoms with Gasteiger partial charge in [0.25, 0.3) is 0 Å². The average Bonchev–Trinajstić information content (AvgIpc) is 3.21. The summed E-state index contributed by atoms with van der Waals surface area (Å²) < 4.78 is 29.5. The van der Waals surface area contributed by atoms with Gasteiger partial charge in [0.15, 0.2) is 0 Å². The molecule has 7 nitrogen and oxygen atoms in total. The van der Waals surface area contributed by atoms with E-state index in [4.69, 9.17) is 0 Å². The number of hydrogen-bond acceptors (Lipinski definition) is 5. The highest BCUT2D eigenvalue weighted by Crippen LogP contribution is 2.28. The van der Waals surface area contributed by atoms with Crippen LogP contribution in [0.1, 0.15) is 38.8 Å². The maximum atomic E-state index is 12.7. The number of aryl methyl sites for hydroxylation is 1. The number of likely N-dealkylation sites (tertiary alicyclic amines) is 1. The highest BCUT2D eigenvalue weighted by Gasteiger charge is 2.24. The first-order chi connectivity index (χ1) is 12.8. The molecular weight excluding hydrogens is 384 g/mol. The maximum Gasteiger partial charge on any atom is 0.242 e. The zero-order chi connectivity index (χ0) is 19.6. The van der Waals surface area contributed by atoms with Gasteiger partial charge < -0.3 is 9.47 Å². The smallest absolute Gasteiger partial charge is 0.242 e. The maximum absolute atomic E-state index is 12.7. The van der Waals surface area contributed by atoms with Crippen LogP contribution >= 0.6 is 11.3 Å². The fraction of sp³-hybridized carbons (Fsp3) is 0.556. The average molecular weight is 411 g/mol. The SMILES string of the molecule is Cc1csc(-c2cc(S(=O)(=O)NC(C)C)cn2CC(=O)N2CCCCC2)n1. The Labute approximate surface area is 164 Å². The predicted molar refractivity (Wildman–Crippen MR) is 106 cm³/mol. The van der Waals surface area contributed by atoms with Crippen molar-refractivity contribution in [3.63, 3.8) is 0 Å². The van der Waals surface area contributed by atoms with E-state index < -0.39 is 10.0 Å². The summed E-state index contributed by atoms with van der Waals surface area (Å²) in [6, 6.07) is 1.39. The molecule has 2 aromatic heterocycles. The van der Waals surface area contributed by atoms with E-state index in [-0.39, 0.29) is 23.4 Å². The summed E-state index contributed by atoms with van der Waals surface area (Å²) in [5, 5.41) is 2.63. The van der Waals surface area contributed by atoms with Crippen molar-refractivity contribution < 1.29 is 13.2 Å². The van der Waals surface area contributed by atoms with Crippen LogP contribution in [0.3, 0.4) is 0 Å². The fourth-order valence-electron chi connectivity index (χ4n) is 3.18. The molecule has 0 bridgehead atoms. The van der Waals surface area contributed by atoms with Gasteiger partial charge in [-0.25, -0.2) is 18.1 Å². The van der Waals surface area contributed by atoms with E-state index in [1.165, 1.54) is 11.3 Å². The Hall–Kier alpha value is -1.71. The van der Waals surface area contributed by atoms with Crippen molar-refractivity contribution in [2.75, 3.05) is 13.1 Å². The molecule has 3 rings (SSSR count). The van der Waals surface area contributed by atoms with Crippen molar-refractivity contribution in [2.45, 2.75) is 57.5 Å². The van der Waals surface area contributed by atoms with Crippen molar-refractivity contribution in [1.82, 2.24) is 19.2 Å². The van der Waals surface area contributed by atoms with Crippen molar-refractivity contribution in [2.24, 2.45) is 0 Å². The molecular formula is C18H26N4O3S2. The third kappa shape index (κ3) is 4.77. The van der Waals surface area contributed by atoms with Gasteiger partial charge in [-0.1, -0.05) is 0 Å². The summed E-state index contributed by atoms with van der Waals surface area (Å²) in [5.74, 6) is 0.0144. The molecule has 1 fully saturated rings. The zero-order valence-corrected chi connectivity index (χ0v) is 17.6. The molecule has 1 saturated heterocycles. The summed E-state index contributed by atoms with van der Waals surface area (Å²) in [6.45, 7) is 7.10. The van der Waals surface area contributed by atoms with Gasteiger partial charge in [0.05, 0.1) is 5.69 Å². The number of piperidine rings is 1. The van der Waals surface area contributed by atoms with Crippen LogP contribution in [-0.2, 0) is 21.4 Å². The number of nitrogens with zero attached hydrogens (tertiary/aromatic N) is 3. The summed E-state index contributed by atoms with van der Waals surface area (Å²) in [4.78, 5) is 19.2. The first-order valence-electron chi connectivity index (χ1n) is 9.19. The lowest BCUT2D eigenvalue weighted by atomic mass is 10.1. The fourth-order valence-corrected chi connectivity index (χ4v) is 5.30. The number of nitrogens with one attached hydrogen (secondary N) is 1. The van der Waals surface area contributed by atoms with Crippen LogP contribution in [0.2, 0.25) is 0 Å². The molecule has 9 heteroatoms. The summed E-state index contributed by atoms with van der Waals surface area (Å²) in [6.07, 6.45) is 4.74. The van der Waals surface area contributed by atoms with Gasteiger partial charge in [0, 0.05) is 36.4 Å². The molecule has 0 unspecified atom stereocenters. The van der Waals surface area contributed by atoms with Crippen molar-refractivity contribution in [3.8, 4) is 10.7 Å². The summed E-state index contributed by atoms with van der Waals surface area (Å²) in [5.41, 5.74) is 1.53. The molecule has 3 heterocycles. The molecule has 1 aliphatic rings. The van der Waals surface area contributed by atoms with Crippen LogP contribution in [0.5, 0.6) is 0 Å². The Kier molecular flexibility index (Phi) is 6.02. The topological polar surface area (TPSA) is 84.3 Å². The van der Waals surface area contributed by atoms with E-state index in [2.05, 4.69) is 9.71 Å². The monoisotopic (exact) mass is 410 g/mol.